The second kappa shape index (κ2) is 7.15. The summed E-state index contributed by atoms with van der Waals surface area (Å²) in [6, 6.07) is 10.8. The van der Waals surface area contributed by atoms with Gasteiger partial charge in [0.05, 0.1) is 17.5 Å². The number of aryl methyl sites for hydroxylation is 3. The predicted octanol–water partition coefficient (Wildman–Crippen LogP) is 3.69. The van der Waals surface area contributed by atoms with Crippen molar-refractivity contribution in [1.29, 1.82) is 0 Å². The highest BCUT2D eigenvalue weighted by Crippen LogP contribution is 2.21. The van der Waals surface area contributed by atoms with Gasteiger partial charge in [-0.3, -0.25) is 4.57 Å². The zero-order valence-corrected chi connectivity index (χ0v) is 14.8. The van der Waals surface area contributed by atoms with E-state index in [0.717, 1.165) is 16.9 Å². The van der Waals surface area contributed by atoms with Crippen LogP contribution in [0, 0.1) is 13.8 Å². The Morgan fingerprint density at radius 2 is 1.92 bits per heavy atom. The summed E-state index contributed by atoms with van der Waals surface area (Å²) in [6.07, 6.45) is 0.596. The minimum atomic E-state index is -0.644. The molecule has 0 aliphatic rings. The second-order valence-electron chi connectivity index (χ2n) is 5.89. The molecule has 25 heavy (non-hydrogen) atoms. The molecule has 0 fully saturated rings. The number of benzene rings is 2. The van der Waals surface area contributed by atoms with Crippen molar-refractivity contribution in [2.24, 2.45) is 0 Å². The molecule has 0 radical (unpaired) electrons. The van der Waals surface area contributed by atoms with Crippen molar-refractivity contribution in [3.63, 3.8) is 0 Å². The summed E-state index contributed by atoms with van der Waals surface area (Å²) in [6.45, 7) is 4.61. The van der Waals surface area contributed by atoms with Gasteiger partial charge in [0.15, 0.2) is 0 Å². The van der Waals surface area contributed by atoms with Gasteiger partial charge in [-0.1, -0.05) is 23.7 Å². The van der Waals surface area contributed by atoms with Crippen molar-refractivity contribution in [3.8, 4) is 5.75 Å². The predicted molar refractivity (Wildman–Crippen MR) is 97.8 cm³/mol. The minimum absolute atomic E-state index is 0.399. The van der Waals surface area contributed by atoms with Crippen molar-refractivity contribution in [3.05, 3.63) is 73.5 Å². The van der Waals surface area contributed by atoms with Gasteiger partial charge >= 0.3 is 11.4 Å². The first kappa shape index (κ1) is 17.3. The summed E-state index contributed by atoms with van der Waals surface area (Å²) in [4.78, 5) is 24.0. The van der Waals surface area contributed by atoms with Crippen LogP contribution in [0.1, 0.15) is 17.5 Å². The summed E-state index contributed by atoms with van der Waals surface area (Å²) < 4.78 is 12.0. The number of rotatable bonds is 5. The van der Waals surface area contributed by atoms with Crippen LogP contribution in [0.3, 0.4) is 0 Å². The molecule has 5 nitrogen and oxygen atoms in total. The Morgan fingerprint density at radius 3 is 2.68 bits per heavy atom. The topological polar surface area (TPSA) is 61.4 Å². The molecule has 1 aromatic heterocycles. The third-order valence-electron chi connectivity index (χ3n) is 4.05. The monoisotopic (exact) mass is 359 g/mol. The van der Waals surface area contributed by atoms with Gasteiger partial charge in [0, 0.05) is 11.6 Å². The molecule has 0 aliphatic carbocycles. The van der Waals surface area contributed by atoms with Gasteiger partial charge in [-0.15, -0.1) is 0 Å². The van der Waals surface area contributed by atoms with E-state index < -0.39 is 11.4 Å². The Balaban J connectivity index is 1.76. The molecule has 2 aromatic carbocycles. The van der Waals surface area contributed by atoms with Crippen LogP contribution in [0.2, 0.25) is 5.02 Å². The maximum atomic E-state index is 12.1. The van der Waals surface area contributed by atoms with Crippen LogP contribution in [0.4, 0.5) is 0 Å². The average Bonchev–Trinajstić information content (AvgIpc) is 2.57. The lowest BCUT2D eigenvalue weighted by molar-refractivity contribution is 0.296. The molecule has 6 heteroatoms. The largest absolute Gasteiger partial charge is 0.494 e. The maximum absolute atomic E-state index is 12.1. The Bertz CT molecular complexity index is 1040. The fourth-order valence-corrected chi connectivity index (χ4v) is 2.90. The van der Waals surface area contributed by atoms with Gasteiger partial charge in [-0.05, 0) is 55.7 Å². The number of nitrogens with zero attached hydrogens (tertiary/aromatic N) is 1. The molecule has 0 saturated carbocycles. The number of hydrogen-bond donors (Lipinski definition) is 0. The highest BCUT2D eigenvalue weighted by atomic mass is 35.5. The van der Waals surface area contributed by atoms with Gasteiger partial charge < -0.3 is 9.15 Å². The van der Waals surface area contributed by atoms with Crippen LogP contribution in [0.5, 0.6) is 5.75 Å². The molecule has 3 aromatic rings. The molecule has 0 aliphatic heterocycles. The lowest BCUT2D eigenvalue weighted by atomic mass is 10.1. The lowest BCUT2D eigenvalue weighted by Gasteiger charge is -2.11. The zero-order valence-electron chi connectivity index (χ0n) is 14.0. The van der Waals surface area contributed by atoms with Crippen LogP contribution < -0.4 is 16.1 Å². The molecule has 3 rings (SSSR count). The normalized spacial score (nSPS) is 11.0. The molecule has 0 unspecified atom stereocenters. The fraction of sp³-hybridized carbons (Fsp3) is 0.263. The van der Waals surface area contributed by atoms with Crippen LogP contribution in [0.25, 0.3) is 10.9 Å². The van der Waals surface area contributed by atoms with Gasteiger partial charge in [-0.25, -0.2) is 9.59 Å². The Hall–Kier alpha value is -2.53. The molecule has 0 saturated heterocycles. The van der Waals surface area contributed by atoms with Crippen molar-refractivity contribution in [2.75, 3.05) is 6.61 Å². The van der Waals surface area contributed by atoms with Gasteiger partial charge in [-0.2, -0.15) is 0 Å². The molecule has 0 bridgehead atoms. The summed E-state index contributed by atoms with van der Waals surface area (Å²) in [5.74, 6) is 0.0871. The van der Waals surface area contributed by atoms with Crippen LogP contribution in [-0.2, 0) is 6.54 Å². The van der Waals surface area contributed by atoms with E-state index in [1.807, 2.05) is 32.0 Å². The standard InChI is InChI=1S/C19H18ClNO4/c1-12-5-3-6-15-17(12)21(19(23)25-18(15)22)9-4-10-24-14-7-8-16(20)13(2)11-14/h3,5-8,11H,4,9-10H2,1-2H3. The third kappa shape index (κ3) is 3.61. The van der Waals surface area contributed by atoms with Gasteiger partial charge in [0.25, 0.3) is 0 Å². The van der Waals surface area contributed by atoms with Crippen molar-refractivity contribution >= 4 is 22.5 Å². The van der Waals surface area contributed by atoms with Crippen LogP contribution >= 0.6 is 11.6 Å². The molecule has 0 N–H and O–H groups in total. The van der Waals surface area contributed by atoms with E-state index in [4.69, 9.17) is 20.8 Å². The van der Waals surface area contributed by atoms with E-state index in [2.05, 4.69) is 0 Å². The first-order valence-electron chi connectivity index (χ1n) is 7.99. The Kier molecular flexibility index (Phi) is 4.95. The fourth-order valence-electron chi connectivity index (χ4n) is 2.79. The Labute approximate surface area is 149 Å². The van der Waals surface area contributed by atoms with Crippen LogP contribution in [0.15, 0.2) is 50.4 Å². The number of fused-ring (bicyclic) bond motifs is 1. The molecular formula is C19H18ClNO4. The summed E-state index contributed by atoms with van der Waals surface area (Å²) in [7, 11) is 0. The van der Waals surface area contributed by atoms with Crippen molar-refractivity contribution in [2.45, 2.75) is 26.8 Å². The van der Waals surface area contributed by atoms with Crippen molar-refractivity contribution in [1.82, 2.24) is 4.57 Å². The van der Waals surface area contributed by atoms with E-state index in [0.29, 0.717) is 35.5 Å². The van der Waals surface area contributed by atoms with E-state index in [-0.39, 0.29) is 0 Å². The highest BCUT2D eigenvalue weighted by Gasteiger charge is 2.11. The Morgan fingerprint density at radius 1 is 1.12 bits per heavy atom. The third-order valence-corrected chi connectivity index (χ3v) is 4.48. The lowest BCUT2D eigenvalue weighted by Crippen LogP contribution is -2.26. The minimum Gasteiger partial charge on any atom is -0.494 e. The molecule has 0 amide bonds. The number of aromatic nitrogens is 1. The molecule has 1 heterocycles. The summed E-state index contributed by atoms with van der Waals surface area (Å²) in [5.41, 5.74) is 1.82. The maximum Gasteiger partial charge on any atom is 0.422 e. The highest BCUT2D eigenvalue weighted by molar-refractivity contribution is 6.31. The first-order chi connectivity index (χ1) is 12.0. The van der Waals surface area contributed by atoms with E-state index >= 15 is 0 Å². The van der Waals surface area contributed by atoms with Crippen LogP contribution in [-0.4, -0.2) is 11.2 Å². The number of hydrogen-bond acceptors (Lipinski definition) is 4. The average molecular weight is 360 g/mol. The molecule has 0 spiro atoms. The van der Waals surface area contributed by atoms with Gasteiger partial charge in [0.1, 0.15) is 5.75 Å². The summed E-state index contributed by atoms with van der Waals surface area (Å²) >= 11 is 5.99. The van der Waals surface area contributed by atoms with E-state index in [9.17, 15) is 9.59 Å². The molecule has 130 valence electrons. The first-order valence-corrected chi connectivity index (χ1v) is 8.37. The van der Waals surface area contributed by atoms with Gasteiger partial charge in [0.2, 0.25) is 0 Å². The van der Waals surface area contributed by atoms with E-state index in [1.165, 1.54) is 4.57 Å². The SMILES string of the molecule is Cc1cc(OCCCn2c(=O)oc(=O)c3cccc(C)c32)ccc1Cl. The molecular weight excluding hydrogens is 342 g/mol. The number of halogens is 1. The quantitative estimate of drug-likeness (QED) is 0.652. The second-order valence-corrected chi connectivity index (χ2v) is 6.30. The zero-order chi connectivity index (χ0) is 18.0. The summed E-state index contributed by atoms with van der Waals surface area (Å²) in [5, 5.41) is 1.11. The van der Waals surface area contributed by atoms with E-state index in [1.54, 1.807) is 18.2 Å². The molecule has 0 atom stereocenters. The number of ether oxygens (including phenoxy) is 1. The van der Waals surface area contributed by atoms with Crippen molar-refractivity contribution < 1.29 is 9.15 Å². The smallest absolute Gasteiger partial charge is 0.422 e. The number of para-hydroxylation sites is 1.